The minimum Gasteiger partial charge on any atom is -0.493 e. The highest BCUT2D eigenvalue weighted by molar-refractivity contribution is 14.1. The van der Waals surface area contributed by atoms with Crippen LogP contribution in [-0.4, -0.2) is 24.8 Å². The minimum absolute atomic E-state index is 0.354. The standard InChI is InChI=1S/C18H13ClINO4/c1-24-16-8-11(7-15(20)18(16)25-10-17(22)23)6-13(9-21)12-2-4-14(19)5-3-12/h2-8H,10H2,1H3,(H,22,23). The fourth-order valence-electron chi connectivity index (χ4n) is 2.07. The molecule has 0 radical (unpaired) electrons. The molecule has 2 aromatic carbocycles. The lowest BCUT2D eigenvalue weighted by molar-refractivity contribution is -0.139. The molecular weight excluding hydrogens is 457 g/mol. The highest BCUT2D eigenvalue weighted by Gasteiger charge is 2.13. The van der Waals surface area contributed by atoms with E-state index < -0.39 is 12.6 Å². The molecule has 128 valence electrons. The summed E-state index contributed by atoms with van der Waals surface area (Å²) >= 11 is 7.91. The molecule has 0 amide bonds. The Morgan fingerprint density at radius 1 is 1.36 bits per heavy atom. The molecule has 0 saturated heterocycles. The van der Waals surface area contributed by atoms with Gasteiger partial charge in [0.25, 0.3) is 0 Å². The Kier molecular flexibility index (Phi) is 6.67. The van der Waals surface area contributed by atoms with Gasteiger partial charge in [-0.15, -0.1) is 0 Å². The van der Waals surface area contributed by atoms with Crippen molar-refractivity contribution in [1.82, 2.24) is 0 Å². The van der Waals surface area contributed by atoms with Crippen molar-refractivity contribution in [3.63, 3.8) is 0 Å². The molecule has 0 spiro atoms. The zero-order valence-electron chi connectivity index (χ0n) is 13.1. The molecule has 0 atom stereocenters. The van der Waals surface area contributed by atoms with Gasteiger partial charge in [0.05, 0.1) is 22.3 Å². The van der Waals surface area contributed by atoms with Crippen LogP contribution in [0.3, 0.4) is 0 Å². The van der Waals surface area contributed by atoms with E-state index in [1.807, 2.05) is 22.6 Å². The van der Waals surface area contributed by atoms with Crippen molar-refractivity contribution in [2.75, 3.05) is 13.7 Å². The number of nitrogens with zero attached hydrogens (tertiary/aromatic N) is 1. The maximum Gasteiger partial charge on any atom is 0.341 e. The van der Waals surface area contributed by atoms with Gasteiger partial charge in [-0.25, -0.2) is 4.79 Å². The summed E-state index contributed by atoms with van der Waals surface area (Å²) in [6, 6.07) is 12.6. The predicted octanol–water partition coefficient (Wildman–Crippen LogP) is 4.48. The Hall–Kier alpha value is -2.24. The number of nitriles is 1. The van der Waals surface area contributed by atoms with E-state index in [1.165, 1.54) is 7.11 Å². The predicted molar refractivity (Wildman–Crippen MR) is 104 cm³/mol. The Morgan fingerprint density at radius 3 is 2.60 bits per heavy atom. The lowest BCUT2D eigenvalue weighted by atomic mass is 10.0. The quantitative estimate of drug-likeness (QED) is 0.383. The number of carboxylic acids is 1. The number of rotatable bonds is 6. The largest absolute Gasteiger partial charge is 0.493 e. The van der Waals surface area contributed by atoms with Crippen LogP contribution in [0.1, 0.15) is 11.1 Å². The van der Waals surface area contributed by atoms with Crippen molar-refractivity contribution in [2.24, 2.45) is 0 Å². The first-order valence-corrected chi connectivity index (χ1v) is 8.50. The van der Waals surface area contributed by atoms with E-state index in [2.05, 4.69) is 6.07 Å². The van der Waals surface area contributed by atoms with Crippen LogP contribution < -0.4 is 9.47 Å². The monoisotopic (exact) mass is 469 g/mol. The first kappa shape index (κ1) is 19.1. The number of carboxylic acid groups (broad SMARTS) is 1. The van der Waals surface area contributed by atoms with E-state index in [9.17, 15) is 10.1 Å². The normalized spacial score (nSPS) is 10.9. The molecule has 25 heavy (non-hydrogen) atoms. The third kappa shape index (κ3) is 5.11. The molecule has 0 saturated carbocycles. The van der Waals surface area contributed by atoms with E-state index in [4.69, 9.17) is 26.2 Å². The van der Waals surface area contributed by atoms with E-state index in [0.29, 0.717) is 25.7 Å². The number of ether oxygens (including phenoxy) is 2. The fraction of sp³-hybridized carbons (Fsp3) is 0.111. The van der Waals surface area contributed by atoms with Crippen molar-refractivity contribution >= 4 is 51.8 Å². The molecule has 0 unspecified atom stereocenters. The lowest BCUT2D eigenvalue weighted by Crippen LogP contribution is -2.11. The second kappa shape index (κ2) is 8.74. The van der Waals surface area contributed by atoms with Crippen LogP contribution in [-0.2, 0) is 4.79 Å². The van der Waals surface area contributed by atoms with Crippen LogP contribution in [0, 0.1) is 14.9 Å². The molecule has 0 aliphatic rings. The maximum atomic E-state index is 10.7. The number of methoxy groups -OCH3 is 1. The van der Waals surface area contributed by atoms with Crippen LogP contribution >= 0.6 is 34.2 Å². The van der Waals surface area contributed by atoms with Crippen LogP contribution in [0.25, 0.3) is 11.6 Å². The zero-order valence-corrected chi connectivity index (χ0v) is 16.0. The second-order valence-electron chi connectivity index (χ2n) is 4.89. The number of hydrogen-bond acceptors (Lipinski definition) is 4. The third-order valence-electron chi connectivity index (χ3n) is 3.18. The Labute approximate surface area is 163 Å². The van der Waals surface area contributed by atoms with Crippen LogP contribution in [0.4, 0.5) is 0 Å². The smallest absolute Gasteiger partial charge is 0.341 e. The van der Waals surface area contributed by atoms with Crippen molar-refractivity contribution in [1.29, 1.82) is 5.26 Å². The number of hydrogen-bond donors (Lipinski definition) is 1. The molecule has 0 heterocycles. The van der Waals surface area contributed by atoms with Gasteiger partial charge in [-0.05, 0) is 64.1 Å². The SMILES string of the molecule is COc1cc(C=C(C#N)c2ccc(Cl)cc2)cc(I)c1OCC(=O)O. The lowest BCUT2D eigenvalue weighted by Gasteiger charge is -2.12. The van der Waals surface area contributed by atoms with Crippen molar-refractivity contribution in [3.8, 4) is 17.6 Å². The number of aliphatic carboxylic acids is 1. The summed E-state index contributed by atoms with van der Waals surface area (Å²) in [5.74, 6) is -0.322. The summed E-state index contributed by atoms with van der Waals surface area (Å²) in [6.07, 6.45) is 1.72. The van der Waals surface area contributed by atoms with Crippen molar-refractivity contribution < 1.29 is 19.4 Å². The van der Waals surface area contributed by atoms with E-state index >= 15 is 0 Å². The molecule has 0 aromatic heterocycles. The average molecular weight is 470 g/mol. The summed E-state index contributed by atoms with van der Waals surface area (Å²) < 4.78 is 11.2. The molecule has 5 nitrogen and oxygen atoms in total. The first-order valence-electron chi connectivity index (χ1n) is 7.04. The van der Waals surface area contributed by atoms with Gasteiger partial charge in [0, 0.05) is 5.02 Å². The average Bonchev–Trinajstić information content (AvgIpc) is 2.59. The molecule has 0 bridgehead atoms. The van der Waals surface area contributed by atoms with Crippen LogP contribution in [0.5, 0.6) is 11.5 Å². The van der Waals surface area contributed by atoms with Crippen molar-refractivity contribution in [3.05, 3.63) is 56.1 Å². The molecule has 2 aromatic rings. The van der Waals surface area contributed by atoms with E-state index in [1.54, 1.807) is 42.5 Å². The Morgan fingerprint density at radius 2 is 2.04 bits per heavy atom. The van der Waals surface area contributed by atoms with Gasteiger partial charge in [-0.3, -0.25) is 0 Å². The molecule has 0 fully saturated rings. The van der Waals surface area contributed by atoms with Gasteiger partial charge in [0.2, 0.25) is 0 Å². The highest BCUT2D eigenvalue weighted by Crippen LogP contribution is 2.35. The number of carbonyl (C=O) groups is 1. The minimum atomic E-state index is -1.07. The molecule has 7 heteroatoms. The Balaban J connectivity index is 2.41. The van der Waals surface area contributed by atoms with Gasteiger partial charge in [0.1, 0.15) is 0 Å². The number of benzene rings is 2. The van der Waals surface area contributed by atoms with Gasteiger partial charge < -0.3 is 14.6 Å². The number of allylic oxidation sites excluding steroid dienone is 1. The maximum absolute atomic E-state index is 10.7. The molecule has 0 aliphatic carbocycles. The summed E-state index contributed by atoms with van der Waals surface area (Å²) in [5.41, 5.74) is 1.94. The molecular formula is C18H13ClINO4. The van der Waals surface area contributed by atoms with Crippen molar-refractivity contribution in [2.45, 2.75) is 0 Å². The summed E-state index contributed by atoms with van der Waals surface area (Å²) in [6.45, 7) is -0.463. The van der Waals surface area contributed by atoms with Crippen LogP contribution in [0.15, 0.2) is 36.4 Å². The summed E-state index contributed by atoms with van der Waals surface area (Å²) in [7, 11) is 1.47. The Bertz CT molecular complexity index is 857. The fourth-order valence-corrected chi connectivity index (χ4v) is 2.98. The first-order chi connectivity index (χ1) is 11.9. The summed E-state index contributed by atoms with van der Waals surface area (Å²) in [4.78, 5) is 10.7. The second-order valence-corrected chi connectivity index (χ2v) is 6.49. The highest BCUT2D eigenvalue weighted by atomic mass is 127. The van der Waals surface area contributed by atoms with Gasteiger partial charge in [-0.2, -0.15) is 5.26 Å². The van der Waals surface area contributed by atoms with Gasteiger partial charge >= 0.3 is 5.97 Å². The number of halogens is 2. The van der Waals surface area contributed by atoms with E-state index in [0.717, 1.165) is 11.1 Å². The molecule has 1 N–H and O–H groups in total. The third-order valence-corrected chi connectivity index (χ3v) is 4.23. The van der Waals surface area contributed by atoms with Crippen LogP contribution in [0.2, 0.25) is 5.02 Å². The molecule has 0 aliphatic heterocycles. The van der Waals surface area contributed by atoms with Gasteiger partial charge in [-0.1, -0.05) is 23.7 Å². The van der Waals surface area contributed by atoms with E-state index in [-0.39, 0.29) is 0 Å². The zero-order chi connectivity index (χ0) is 18.4. The van der Waals surface area contributed by atoms with Gasteiger partial charge in [0.15, 0.2) is 18.1 Å². The topological polar surface area (TPSA) is 79.5 Å². The summed E-state index contributed by atoms with van der Waals surface area (Å²) in [5, 5.41) is 18.8. The molecule has 2 rings (SSSR count).